The molecule has 1 heterocycles. The fourth-order valence-corrected chi connectivity index (χ4v) is 3.99. The Labute approximate surface area is 177 Å². The number of nitrogen functional groups attached to an aromatic ring is 1. The van der Waals surface area contributed by atoms with Gasteiger partial charge in [-0.05, 0) is 42.5 Å². The van der Waals surface area contributed by atoms with Crippen LogP contribution in [0.2, 0.25) is 5.02 Å². The largest absolute Gasteiger partial charge is 0.508 e. The molecule has 5 N–H and O–H groups in total. The molecule has 30 heavy (non-hydrogen) atoms. The maximum atomic E-state index is 12.9. The van der Waals surface area contributed by atoms with Crippen LogP contribution in [0.15, 0.2) is 71.6 Å². The third kappa shape index (κ3) is 4.07. The summed E-state index contributed by atoms with van der Waals surface area (Å²) in [6, 6.07) is 17.3. The van der Waals surface area contributed by atoms with Crippen molar-refractivity contribution in [1.29, 1.82) is 0 Å². The number of sulfonamides is 1. The lowest BCUT2D eigenvalue weighted by molar-refractivity contribution is 0.475. The molecule has 4 rings (SSSR count). The monoisotopic (exact) mass is 441 g/mol. The molecular weight excluding hydrogens is 426 g/mol. The van der Waals surface area contributed by atoms with Crippen molar-refractivity contribution in [3.05, 3.63) is 71.8 Å². The molecule has 8 nitrogen and oxygen atoms in total. The number of benzene rings is 3. The lowest BCUT2D eigenvalue weighted by atomic mass is 10.3. The fraction of sp³-hybridized carbons (Fsp3) is 0. The predicted molar refractivity (Wildman–Crippen MR) is 118 cm³/mol. The Morgan fingerprint density at radius 3 is 2.30 bits per heavy atom. The highest BCUT2D eigenvalue weighted by atomic mass is 35.5. The van der Waals surface area contributed by atoms with Gasteiger partial charge in [0.2, 0.25) is 0 Å². The molecule has 0 saturated heterocycles. The lowest BCUT2D eigenvalue weighted by Gasteiger charge is -2.15. The van der Waals surface area contributed by atoms with Gasteiger partial charge < -0.3 is 16.2 Å². The van der Waals surface area contributed by atoms with Crippen molar-refractivity contribution < 1.29 is 13.5 Å². The Balaban J connectivity index is 1.81. The van der Waals surface area contributed by atoms with E-state index in [-0.39, 0.29) is 22.3 Å². The minimum Gasteiger partial charge on any atom is -0.508 e. The van der Waals surface area contributed by atoms with Gasteiger partial charge >= 0.3 is 0 Å². The second kappa shape index (κ2) is 7.69. The Kier molecular flexibility index (Phi) is 5.06. The van der Waals surface area contributed by atoms with Crippen molar-refractivity contribution >= 4 is 55.7 Å². The van der Waals surface area contributed by atoms with Crippen LogP contribution >= 0.6 is 11.6 Å². The maximum absolute atomic E-state index is 12.9. The van der Waals surface area contributed by atoms with Crippen LogP contribution in [0.1, 0.15) is 0 Å². The molecule has 0 bridgehead atoms. The summed E-state index contributed by atoms with van der Waals surface area (Å²) >= 11 is 6.19. The first kappa shape index (κ1) is 19.7. The first-order chi connectivity index (χ1) is 14.3. The Hall–Kier alpha value is -3.56. The van der Waals surface area contributed by atoms with Gasteiger partial charge in [0.15, 0.2) is 11.6 Å². The number of nitrogens with zero attached hydrogens (tertiary/aromatic N) is 2. The van der Waals surface area contributed by atoms with Crippen LogP contribution < -0.4 is 15.8 Å². The van der Waals surface area contributed by atoms with Crippen LogP contribution in [0.5, 0.6) is 5.75 Å². The van der Waals surface area contributed by atoms with Gasteiger partial charge in [0, 0.05) is 11.8 Å². The third-order valence-electron chi connectivity index (χ3n) is 4.17. The molecule has 10 heteroatoms. The fourth-order valence-electron chi connectivity index (χ4n) is 2.76. The molecule has 0 aliphatic carbocycles. The number of hydrogen-bond acceptors (Lipinski definition) is 7. The van der Waals surface area contributed by atoms with E-state index in [0.29, 0.717) is 27.4 Å². The van der Waals surface area contributed by atoms with Gasteiger partial charge in [-0.3, -0.25) is 4.72 Å². The van der Waals surface area contributed by atoms with Gasteiger partial charge in [0.25, 0.3) is 10.0 Å². The molecule has 152 valence electrons. The first-order valence-corrected chi connectivity index (χ1v) is 10.6. The van der Waals surface area contributed by atoms with E-state index in [1.807, 2.05) is 0 Å². The predicted octanol–water partition coefficient (Wildman–Crippen LogP) is 4.12. The summed E-state index contributed by atoms with van der Waals surface area (Å²) in [4.78, 5) is 8.86. The van der Waals surface area contributed by atoms with Crippen LogP contribution in [0.3, 0.4) is 0 Å². The van der Waals surface area contributed by atoms with Crippen molar-refractivity contribution in [2.45, 2.75) is 4.90 Å². The average molecular weight is 442 g/mol. The average Bonchev–Trinajstić information content (AvgIpc) is 2.71. The smallest absolute Gasteiger partial charge is 0.263 e. The second-order valence-corrected chi connectivity index (χ2v) is 8.47. The van der Waals surface area contributed by atoms with E-state index in [4.69, 9.17) is 17.3 Å². The van der Waals surface area contributed by atoms with Gasteiger partial charge in [0.1, 0.15) is 5.75 Å². The number of hydrogen-bond donors (Lipinski definition) is 4. The van der Waals surface area contributed by atoms with Crippen LogP contribution in [0.25, 0.3) is 11.0 Å². The molecule has 0 unspecified atom stereocenters. The molecule has 0 atom stereocenters. The van der Waals surface area contributed by atoms with Crippen LogP contribution in [0.4, 0.5) is 23.0 Å². The maximum Gasteiger partial charge on any atom is 0.263 e. The van der Waals surface area contributed by atoms with E-state index in [9.17, 15) is 13.5 Å². The summed E-state index contributed by atoms with van der Waals surface area (Å²) in [5, 5.41) is 13.0. The number of phenolic OH excluding ortho intramolecular Hbond substituents is 1. The SMILES string of the molecule is Nc1cccc(S(=O)(=O)Nc2nc3ccccc3nc2Nc2cc(O)ccc2Cl)c1. The minimum absolute atomic E-state index is 0.0150. The highest BCUT2D eigenvalue weighted by molar-refractivity contribution is 7.92. The van der Waals surface area contributed by atoms with E-state index in [1.165, 1.54) is 30.3 Å². The number of fused-ring (bicyclic) bond motifs is 1. The van der Waals surface area contributed by atoms with Crippen molar-refractivity contribution in [3.63, 3.8) is 0 Å². The summed E-state index contributed by atoms with van der Waals surface area (Å²) in [7, 11) is -3.99. The molecule has 0 fully saturated rings. The lowest BCUT2D eigenvalue weighted by Crippen LogP contribution is -2.16. The number of phenols is 1. The Bertz CT molecular complexity index is 1360. The number of nitrogens with one attached hydrogen (secondary N) is 2. The Morgan fingerprint density at radius 1 is 0.900 bits per heavy atom. The summed E-state index contributed by atoms with van der Waals surface area (Å²) in [6.45, 7) is 0. The number of halogens is 1. The highest BCUT2D eigenvalue weighted by Crippen LogP contribution is 2.32. The van der Waals surface area contributed by atoms with E-state index in [1.54, 1.807) is 36.4 Å². The molecule has 0 spiro atoms. The molecule has 0 radical (unpaired) electrons. The van der Waals surface area contributed by atoms with E-state index < -0.39 is 10.0 Å². The van der Waals surface area contributed by atoms with Crippen molar-refractivity contribution in [2.75, 3.05) is 15.8 Å². The van der Waals surface area contributed by atoms with Crippen LogP contribution in [0, 0.1) is 0 Å². The van der Waals surface area contributed by atoms with Crippen molar-refractivity contribution in [2.24, 2.45) is 0 Å². The van der Waals surface area contributed by atoms with E-state index in [2.05, 4.69) is 20.0 Å². The topological polar surface area (TPSA) is 130 Å². The third-order valence-corrected chi connectivity index (χ3v) is 5.84. The van der Waals surface area contributed by atoms with Gasteiger partial charge in [-0.2, -0.15) is 0 Å². The molecule has 1 aromatic heterocycles. The van der Waals surface area contributed by atoms with Crippen LogP contribution in [-0.4, -0.2) is 23.5 Å². The van der Waals surface area contributed by atoms with E-state index >= 15 is 0 Å². The minimum atomic E-state index is -3.99. The molecule has 0 amide bonds. The number of aromatic hydroxyl groups is 1. The molecule has 4 aromatic rings. The summed E-state index contributed by atoms with van der Waals surface area (Å²) < 4.78 is 28.2. The normalized spacial score (nSPS) is 11.4. The van der Waals surface area contributed by atoms with Crippen molar-refractivity contribution in [3.8, 4) is 5.75 Å². The summed E-state index contributed by atoms with van der Waals surface area (Å²) in [6.07, 6.45) is 0. The molecule has 0 aliphatic rings. The summed E-state index contributed by atoms with van der Waals surface area (Å²) in [5.74, 6) is 0.0711. The number of rotatable bonds is 5. The first-order valence-electron chi connectivity index (χ1n) is 8.72. The van der Waals surface area contributed by atoms with Gasteiger partial charge in [-0.1, -0.05) is 29.8 Å². The molecule has 0 aliphatic heterocycles. The van der Waals surface area contributed by atoms with Gasteiger partial charge in [-0.25, -0.2) is 18.4 Å². The van der Waals surface area contributed by atoms with Crippen molar-refractivity contribution in [1.82, 2.24) is 9.97 Å². The second-order valence-electron chi connectivity index (χ2n) is 6.38. The number of nitrogens with two attached hydrogens (primary N) is 1. The highest BCUT2D eigenvalue weighted by Gasteiger charge is 2.20. The number of para-hydroxylation sites is 2. The molecule has 0 saturated carbocycles. The zero-order chi connectivity index (χ0) is 21.3. The van der Waals surface area contributed by atoms with Gasteiger partial charge in [-0.15, -0.1) is 0 Å². The number of anilines is 4. The molecule has 3 aromatic carbocycles. The summed E-state index contributed by atoms with van der Waals surface area (Å²) in [5.41, 5.74) is 7.41. The van der Waals surface area contributed by atoms with E-state index in [0.717, 1.165) is 0 Å². The zero-order valence-electron chi connectivity index (χ0n) is 15.4. The van der Waals surface area contributed by atoms with Crippen LogP contribution in [-0.2, 0) is 10.0 Å². The standard InChI is InChI=1S/C20H16ClN5O3S/c21-15-9-8-13(27)11-18(15)25-19-20(24-17-7-2-1-6-16(17)23-19)26-30(28,29)14-5-3-4-12(22)10-14/h1-11,27H,22H2,(H,23,25)(H,24,26). The Morgan fingerprint density at radius 2 is 1.60 bits per heavy atom. The molecular formula is C20H16ClN5O3S. The number of aromatic nitrogens is 2. The quantitative estimate of drug-likeness (QED) is 0.343. The van der Waals surface area contributed by atoms with Gasteiger partial charge in [0.05, 0.1) is 26.6 Å². The zero-order valence-corrected chi connectivity index (χ0v) is 16.9.